The summed E-state index contributed by atoms with van der Waals surface area (Å²) in [7, 11) is 0. The molecule has 88 valence electrons. The quantitative estimate of drug-likeness (QED) is 0.900. The molecule has 5 heteroatoms. The summed E-state index contributed by atoms with van der Waals surface area (Å²) in [6, 6.07) is 8.72. The van der Waals surface area contributed by atoms with Crippen LogP contribution in [0, 0.1) is 6.92 Å². The zero-order valence-electron chi connectivity index (χ0n) is 8.96. The maximum absolute atomic E-state index is 11.8. The third-order valence-corrected chi connectivity index (χ3v) is 2.94. The van der Waals surface area contributed by atoms with Crippen molar-refractivity contribution in [1.82, 2.24) is 0 Å². The van der Waals surface area contributed by atoms with Crippen molar-refractivity contribution in [2.24, 2.45) is 0 Å². The van der Waals surface area contributed by atoms with E-state index in [1.54, 1.807) is 0 Å². The molecule has 17 heavy (non-hydrogen) atoms. The molecule has 1 amide bonds. The minimum Gasteiger partial charge on any atom is -0.440 e. The van der Waals surface area contributed by atoms with E-state index in [1.807, 2.05) is 25.1 Å². The fourth-order valence-corrected chi connectivity index (χ4v) is 1.86. The van der Waals surface area contributed by atoms with Crippen LogP contribution in [0.3, 0.4) is 0 Å². The van der Waals surface area contributed by atoms with E-state index < -0.39 is 0 Å². The number of benzene rings is 1. The lowest BCUT2D eigenvalue weighted by atomic mass is 10.2. The van der Waals surface area contributed by atoms with E-state index in [2.05, 4.69) is 21.2 Å². The fraction of sp³-hybridized carbons (Fsp3) is 0.0833. The number of furan rings is 1. The molecule has 0 saturated heterocycles. The van der Waals surface area contributed by atoms with E-state index in [0.29, 0.717) is 0 Å². The van der Waals surface area contributed by atoms with E-state index >= 15 is 0 Å². The highest BCUT2D eigenvalue weighted by Crippen LogP contribution is 2.22. The van der Waals surface area contributed by atoms with Crippen LogP contribution in [-0.2, 0) is 0 Å². The Balaban J connectivity index is 2.21. The summed E-state index contributed by atoms with van der Waals surface area (Å²) in [6.45, 7) is 1.91. The first kappa shape index (κ1) is 12.2. The maximum Gasteiger partial charge on any atom is 0.291 e. The minimum atomic E-state index is -0.321. The third kappa shape index (κ3) is 2.90. The van der Waals surface area contributed by atoms with Crippen LogP contribution < -0.4 is 5.32 Å². The molecular weight excluding hydrogens is 305 g/mol. The van der Waals surface area contributed by atoms with Crippen LogP contribution >= 0.6 is 27.5 Å². The highest BCUT2D eigenvalue weighted by molar-refractivity contribution is 9.10. The van der Waals surface area contributed by atoms with Gasteiger partial charge in [-0.25, -0.2) is 0 Å². The third-order valence-electron chi connectivity index (χ3n) is 2.24. The van der Waals surface area contributed by atoms with Gasteiger partial charge in [-0.1, -0.05) is 22.0 Å². The number of carbonyl (C=O) groups is 1. The molecule has 1 heterocycles. The van der Waals surface area contributed by atoms with Crippen molar-refractivity contribution in [1.29, 1.82) is 0 Å². The number of hydrogen-bond acceptors (Lipinski definition) is 2. The Morgan fingerprint density at radius 2 is 2.12 bits per heavy atom. The number of hydrogen-bond donors (Lipinski definition) is 1. The van der Waals surface area contributed by atoms with E-state index in [0.717, 1.165) is 15.7 Å². The molecule has 0 aliphatic rings. The average Bonchev–Trinajstić information content (AvgIpc) is 2.70. The lowest BCUT2D eigenvalue weighted by Crippen LogP contribution is -2.11. The van der Waals surface area contributed by atoms with Crippen LogP contribution in [-0.4, -0.2) is 5.91 Å². The molecule has 0 bridgehead atoms. The predicted octanol–water partition coefficient (Wildman–Crippen LogP) is 4.26. The van der Waals surface area contributed by atoms with E-state index in [9.17, 15) is 4.79 Å². The minimum absolute atomic E-state index is 0.189. The zero-order valence-corrected chi connectivity index (χ0v) is 11.3. The number of carbonyl (C=O) groups excluding carboxylic acids is 1. The molecule has 2 rings (SSSR count). The van der Waals surface area contributed by atoms with Crippen molar-refractivity contribution >= 4 is 39.1 Å². The molecule has 1 aromatic heterocycles. The number of anilines is 1. The SMILES string of the molecule is Cc1ccc(Br)cc1NC(=O)c1ccc(Cl)o1. The van der Waals surface area contributed by atoms with Crippen LogP contribution in [0.15, 0.2) is 39.2 Å². The summed E-state index contributed by atoms with van der Waals surface area (Å²) in [4.78, 5) is 11.8. The summed E-state index contributed by atoms with van der Waals surface area (Å²) in [5.41, 5.74) is 1.70. The molecule has 1 N–H and O–H groups in total. The summed E-state index contributed by atoms with van der Waals surface area (Å²) < 4.78 is 5.93. The molecule has 2 aromatic rings. The number of rotatable bonds is 2. The normalized spacial score (nSPS) is 10.3. The zero-order chi connectivity index (χ0) is 12.4. The molecule has 0 spiro atoms. The lowest BCUT2D eigenvalue weighted by Gasteiger charge is -2.07. The Morgan fingerprint density at radius 1 is 1.35 bits per heavy atom. The van der Waals surface area contributed by atoms with Gasteiger partial charge in [0.2, 0.25) is 0 Å². The van der Waals surface area contributed by atoms with Crippen molar-refractivity contribution in [3.05, 3.63) is 51.3 Å². The van der Waals surface area contributed by atoms with Gasteiger partial charge in [0.15, 0.2) is 11.0 Å². The topological polar surface area (TPSA) is 42.2 Å². The molecule has 0 atom stereocenters. The number of amides is 1. The Labute approximate surface area is 112 Å². The molecule has 0 fully saturated rings. The van der Waals surface area contributed by atoms with Gasteiger partial charge in [-0.2, -0.15) is 0 Å². The van der Waals surface area contributed by atoms with Crippen molar-refractivity contribution < 1.29 is 9.21 Å². The Kier molecular flexibility index (Phi) is 3.54. The van der Waals surface area contributed by atoms with Crippen molar-refractivity contribution in [3.63, 3.8) is 0 Å². The van der Waals surface area contributed by atoms with E-state index in [-0.39, 0.29) is 16.9 Å². The number of aryl methyl sites for hydroxylation is 1. The highest BCUT2D eigenvalue weighted by atomic mass is 79.9. The second kappa shape index (κ2) is 4.94. The van der Waals surface area contributed by atoms with Gasteiger partial charge < -0.3 is 9.73 Å². The summed E-state index contributed by atoms with van der Waals surface area (Å²) in [6.07, 6.45) is 0. The van der Waals surface area contributed by atoms with Crippen molar-refractivity contribution in [3.8, 4) is 0 Å². The number of nitrogens with one attached hydrogen (secondary N) is 1. The first-order chi connectivity index (χ1) is 8.06. The van der Waals surface area contributed by atoms with Gasteiger partial charge in [0.25, 0.3) is 5.91 Å². The first-order valence-electron chi connectivity index (χ1n) is 4.89. The van der Waals surface area contributed by atoms with Gasteiger partial charge in [-0.15, -0.1) is 0 Å². The highest BCUT2D eigenvalue weighted by Gasteiger charge is 2.11. The van der Waals surface area contributed by atoms with E-state index in [4.69, 9.17) is 16.0 Å². The fourth-order valence-electron chi connectivity index (χ4n) is 1.35. The largest absolute Gasteiger partial charge is 0.440 e. The molecule has 3 nitrogen and oxygen atoms in total. The molecule has 0 unspecified atom stereocenters. The average molecular weight is 315 g/mol. The predicted molar refractivity (Wildman–Crippen MR) is 70.6 cm³/mol. The first-order valence-corrected chi connectivity index (χ1v) is 6.06. The molecule has 0 aliphatic carbocycles. The van der Waals surface area contributed by atoms with Crippen LogP contribution in [0.5, 0.6) is 0 Å². The second-order valence-corrected chi connectivity index (χ2v) is 4.81. The van der Waals surface area contributed by atoms with E-state index in [1.165, 1.54) is 12.1 Å². The molecule has 1 aromatic carbocycles. The van der Waals surface area contributed by atoms with Gasteiger partial charge in [0.1, 0.15) is 0 Å². The van der Waals surface area contributed by atoms with Gasteiger partial charge in [-0.05, 0) is 48.4 Å². The molecular formula is C12H9BrClNO2. The summed E-state index contributed by atoms with van der Waals surface area (Å²) in [5, 5.41) is 2.95. The van der Waals surface area contributed by atoms with Gasteiger partial charge in [0.05, 0.1) is 0 Å². The molecule has 0 saturated carbocycles. The maximum atomic E-state index is 11.8. The van der Waals surface area contributed by atoms with Crippen LogP contribution in [0.4, 0.5) is 5.69 Å². The Hall–Kier alpha value is -1.26. The van der Waals surface area contributed by atoms with Crippen LogP contribution in [0.2, 0.25) is 5.22 Å². The van der Waals surface area contributed by atoms with Crippen LogP contribution in [0.25, 0.3) is 0 Å². The molecule has 0 aliphatic heterocycles. The van der Waals surface area contributed by atoms with Gasteiger partial charge in [-0.3, -0.25) is 4.79 Å². The smallest absolute Gasteiger partial charge is 0.291 e. The summed E-state index contributed by atoms with van der Waals surface area (Å²) >= 11 is 8.96. The van der Waals surface area contributed by atoms with Crippen LogP contribution in [0.1, 0.15) is 16.1 Å². The standard InChI is InChI=1S/C12H9BrClNO2/c1-7-2-3-8(13)6-9(7)15-12(16)10-4-5-11(14)17-10/h2-6H,1H3,(H,15,16). The van der Waals surface area contributed by atoms with Gasteiger partial charge >= 0.3 is 0 Å². The second-order valence-electron chi connectivity index (χ2n) is 3.52. The number of halogens is 2. The molecule has 0 radical (unpaired) electrons. The lowest BCUT2D eigenvalue weighted by molar-refractivity contribution is 0.0996. The van der Waals surface area contributed by atoms with Crippen molar-refractivity contribution in [2.75, 3.05) is 5.32 Å². The summed E-state index contributed by atoms with van der Waals surface area (Å²) in [5.74, 6) is -0.132. The monoisotopic (exact) mass is 313 g/mol. The van der Waals surface area contributed by atoms with Crippen molar-refractivity contribution in [2.45, 2.75) is 6.92 Å². The Morgan fingerprint density at radius 3 is 2.76 bits per heavy atom. The Bertz CT molecular complexity index is 565. The van der Waals surface area contributed by atoms with Gasteiger partial charge in [0, 0.05) is 10.2 Å².